The SMILES string of the molecule is CC(C)(C)OC(=O)N[C@H](c1csc(N)n1)C(C)(C)C. The van der Waals surface area contributed by atoms with E-state index in [2.05, 4.69) is 10.3 Å². The zero-order chi connectivity index (χ0) is 14.8. The third-order valence-electron chi connectivity index (χ3n) is 2.36. The zero-order valence-electron chi connectivity index (χ0n) is 12.4. The van der Waals surface area contributed by atoms with E-state index in [1.807, 2.05) is 46.9 Å². The number of nitrogen functional groups attached to an aromatic ring is 1. The van der Waals surface area contributed by atoms with Crippen LogP contribution in [0.25, 0.3) is 0 Å². The Labute approximate surface area is 118 Å². The smallest absolute Gasteiger partial charge is 0.408 e. The van der Waals surface area contributed by atoms with Crippen LogP contribution in [0.4, 0.5) is 9.93 Å². The first-order valence-corrected chi connectivity index (χ1v) is 7.07. The maximum absolute atomic E-state index is 11.9. The van der Waals surface area contributed by atoms with Crippen LogP contribution in [0.1, 0.15) is 53.3 Å². The lowest BCUT2D eigenvalue weighted by Gasteiger charge is -2.31. The number of carbonyl (C=O) groups excluding carboxylic acids is 1. The second kappa shape index (κ2) is 5.36. The minimum Gasteiger partial charge on any atom is -0.444 e. The van der Waals surface area contributed by atoms with Gasteiger partial charge in [-0.3, -0.25) is 0 Å². The summed E-state index contributed by atoms with van der Waals surface area (Å²) in [5, 5.41) is 5.23. The van der Waals surface area contributed by atoms with Gasteiger partial charge in [0, 0.05) is 5.38 Å². The van der Waals surface area contributed by atoms with Crippen LogP contribution >= 0.6 is 11.3 Å². The average molecular weight is 285 g/mol. The number of amides is 1. The summed E-state index contributed by atoms with van der Waals surface area (Å²) in [6.45, 7) is 11.6. The first-order chi connectivity index (χ1) is 8.49. The first-order valence-electron chi connectivity index (χ1n) is 6.19. The molecular weight excluding hydrogens is 262 g/mol. The number of hydrogen-bond acceptors (Lipinski definition) is 5. The van der Waals surface area contributed by atoms with Crippen molar-refractivity contribution in [2.75, 3.05) is 5.73 Å². The summed E-state index contributed by atoms with van der Waals surface area (Å²) in [5.74, 6) is 0. The lowest BCUT2D eigenvalue weighted by Crippen LogP contribution is -2.40. The Morgan fingerprint density at radius 2 is 1.95 bits per heavy atom. The maximum Gasteiger partial charge on any atom is 0.408 e. The summed E-state index contributed by atoms with van der Waals surface area (Å²) >= 11 is 1.36. The number of carbonyl (C=O) groups is 1. The molecule has 1 atom stereocenters. The topological polar surface area (TPSA) is 77.2 Å². The van der Waals surface area contributed by atoms with Gasteiger partial charge >= 0.3 is 6.09 Å². The minimum absolute atomic E-state index is 0.183. The van der Waals surface area contributed by atoms with Gasteiger partial charge in [0.25, 0.3) is 0 Å². The monoisotopic (exact) mass is 285 g/mol. The molecule has 108 valence electrons. The number of nitrogens with zero attached hydrogens (tertiary/aromatic N) is 1. The van der Waals surface area contributed by atoms with E-state index in [0.29, 0.717) is 5.13 Å². The molecule has 0 unspecified atom stereocenters. The number of rotatable bonds is 2. The standard InChI is InChI=1S/C13H23N3O2S/c1-12(2,3)9(8-7-19-10(14)15-8)16-11(17)18-13(4,5)6/h7,9H,1-6H3,(H2,14,15)(H,16,17)/t9-/m1/s1. The number of hydrogen-bond donors (Lipinski definition) is 2. The van der Waals surface area contributed by atoms with E-state index in [-0.39, 0.29) is 11.5 Å². The second-order valence-electron chi connectivity index (χ2n) is 6.56. The fourth-order valence-corrected chi connectivity index (χ4v) is 2.18. The van der Waals surface area contributed by atoms with Gasteiger partial charge in [-0.15, -0.1) is 11.3 Å². The molecule has 1 rings (SSSR count). The van der Waals surface area contributed by atoms with Gasteiger partial charge in [-0.2, -0.15) is 0 Å². The molecule has 3 N–H and O–H groups in total. The summed E-state index contributed by atoms with van der Waals surface area (Å²) in [6, 6.07) is -0.240. The van der Waals surface area contributed by atoms with Crippen LogP contribution in [0.3, 0.4) is 0 Å². The highest BCUT2D eigenvalue weighted by molar-refractivity contribution is 7.13. The Hall–Kier alpha value is -1.30. The minimum atomic E-state index is -0.520. The van der Waals surface area contributed by atoms with Crippen LogP contribution in [0.15, 0.2) is 5.38 Å². The molecule has 0 aromatic carbocycles. The molecule has 6 heteroatoms. The van der Waals surface area contributed by atoms with Crippen molar-refractivity contribution in [1.82, 2.24) is 10.3 Å². The van der Waals surface area contributed by atoms with Gasteiger partial charge in [0.15, 0.2) is 5.13 Å². The maximum atomic E-state index is 11.9. The highest BCUT2D eigenvalue weighted by Gasteiger charge is 2.31. The summed E-state index contributed by atoms with van der Waals surface area (Å²) in [4.78, 5) is 16.2. The normalized spacial score (nSPS) is 14.0. The van der Waals surface area contributed by atoms with Crippen molar-refractivity contribution in [2.45, 2.75) is 53.2 Å². The van der Waals surface area contributed by atoms with Crippen LogP contribution in [0.2, 0.25) is 0 Å². The van der Waals surface area contributed by atoms with Crippen molar-refractivity contribution in [1.29, 1.82) is 0 Å². The number of anilines is 1. The van der Waals surface area contributed by atoms with Gasteiger partial charge in [-0.25, -0.2) is 9.78 Å². The first kappa shape index (κ1) is 15.8. The van der Waals surface area contributed by atoms with Gasteiger partial charge in [0.2, 0.25) is 0 Å². The highest BCUT2D eigenvalue weighted by Crippen LogP contribution is 2.33. The van der Waals surface area contributed by atoms with E-state index in [0.717, 1.165) is 5.69 Å². The quantitative estimate of drug-likeness (QED) is 0.873. The lowest BCUT2D eigenvalue weighted by atomic mass is 9.85. The largest absolute Gasteiger partial charge is 0.444 e. The molecular formula is C13H23N3O2S. The molecule has 0 radical (unpaired) electrons. The summed E-state index contributed by atoms with van der Waals surface area (Å²) < 4.78 is 5.29. The molecule has 1 amide bonds. The van der Waals surface area contributed by atoms with Crippen molar-refractivity contribution in [3.8, 4) is 0 Å². The molecule has 19 heavy (non-hydrogen) atoms. The predicted octanol–water partition coefficient (Wildman–Crippen LogP) is 3.34. The number of nitrogens with two attached hydrogens (primary N) is 1. The van der Waals surface area contributed by atoms with E-state index in [4.69, 9.17) is 10.5 Å². The molecule has 0 saturated carbocycles. The van der Waals surface area contributed by atoms with Crippen molar-refractivity contribution in [2.24, 2.45) is 5.41 Å². The lowest BCUT2D eigenvalue weighted by molar-refractivity contribution is 0.0461. The molecule has 0 fully saturated rings. The van der Waals surface area contributed by atoms with Gasteiger partial charge in [0.1, 0.15) is 5.60 Å². The van der Waals surface area contributed by atoms with E-state index < -0.39 is 11.7 Å². The van der Waals surface area contributed by atoms with Gasteiger partial charge in [-0.1, -0.05) is 20.8 Å². The fourth-order valence-electron chi connectivity index (χ4n) is 1.59. The van der Waals surface area contributed by atoms with E-state index >= 15 is 0 Å². The van der Waals surface area contributed by atoms with Crippen molar-refractivity contribution < 1.29 is 9.53 Å². The summed E-state index contributed by atoms with van der Waals surface area (Å²) in [6.07, 6.45) is -0.445. The third-order valence-corrected chi connectivity index (χ3v) is 3.05. The van der Waals surface area contributed by atoms with Gasteiger partial charge < -0.3 is 15.8 Å². The third kappa shape index (κ3) is 5.06. The number of ether oxygens (including phenoxy) is 1. The predicted molar refractivity (Wildman–Crippen MR) is 78.1 cm³/mol. The molecule has 0 saturated heterocycles. The molecule has 1 aromatic heterocycles. The van der Waals surface area contributed by atoms with Gasteiger partial charge in [-0.05, 0) is 26.2 Å². The van der Waals surface area contributed by atoms with Crippen LogP contribution in [0.5, 0.6) is 0 Å². The molecule has 0 aliphatic carbocycles. The molecule has 1 aromatic rings. The molecule has 0 bridgehead atoms. The Balaban J connectivity index is 2.86. The Kier molecular flexibility index (Phi) is 4.45. The molecule has 0 aliphatic rings. The second-order valence-corrected chi connectivity index (χ2v) is 7.45. The van der Waals surface area contributed by atoms with Crippen LogP contribution in [0, 0.1) is 5.41 Å². The van der Waals surface area contributed by atoms with Crippen LogP contribution in [-0.4, -0.2) is 16.7 Å². The zero-order valence-corrected chi connectivity index (χ0v) is 13.2. The highest BCUT2D eigenvalue weighted by atomic mass is 32.1. The molecule has 0 spiro atoms. The van der Waals surface area contributed by atoms with E-state index in [1.165, 1.54) is 11.3 Å². The number of aromatic nitrogens is 1. The van der Waals surface area contributed by atoms with Crippen molar-refractivity contribution >= 4 is 22.6 Å². The fraction of sp³-hybridized carbons (Fsp3) is 0.692. The molecule has 1 heterocycles. The average Bonchev–Trinajstić information content (AvgIpc) is 2.56. The summed E-state index contributed by atoms with van der Waals surface area (Å²) in [7, 11) is 0. The van der Waals surface area contributed by atoms with E-state index in [9.17, 15) is 4.79 Å². The van der Waals surface area contributed by atoms with Gasteiger partial charge in [0.05, 0.1) is 11.7 Å². The van der Waals surface area contributed by atoms with Crippen LogP contribution in [-0.2, 0) is 4.74 Å². The molecule has 0 aliphatic heterocycles. The Morgan fingerprint density at radius 3 is 2.32 bits per heavy atom. The molecule has 5 nitrogen and oxygen atoms in total. The Morgan fingerprint density at radius 1 is 1.37 bits per heavy atom. The number of nitrogens with one attached hydrogen (secondary N) is 1. The van der Waals surface area contributed by atoms with Crippen molar-refractivity contribution in [3.05, 3.63) is 11.1 Å². The van der Waals surface area contributed by atoms with Crippen LogP contribution < -0.4 is 11.1 Å². The van der Waals surface area contributed by atoms with E-state index in [1.54, 1.807) is 0 Å². The number of alkyl carbamates (subject to hydrolysis) is 1. The summed E-state index contributed by atoms with van der Waals surface area (Å²) in [5.41, 5.74) is 5.72. The van der Waals surface area contributed by atoms with Crippen molar-refractivity contribution in [3.63, 3.8) is 0 Å². The Bertz CT molecular complexity index is 443. The number of thiazole rings is 1.